The van der Waals surface area contributed by atoms with Crippen LogP contribution in [0.2, 0.25) is 8.67 Å². The summed E-state index contributed by atoms with van der Waals surface area (Å²) >= 11 is 12.6. The quantitative estimate of drug-likeness (QED) is 0.666. The summed E-state index contributed by atoms with van der Waals surface area (Å²) in [5.41, 5.74) is 1.67. The topological polar surface area (TPSA) is 83.8 Å². The second-order valence-electron chi connectivity index (χ2n) is 6.09. The number of hydrogen-bond acceptors (Lipinski definition) is 6. The van der Waals surface area contributed by atoms with Gasteiger partial charge >= 0.3 is 0 Å². The van der Waals surface area contributed by atoms with Gasteiger partial charge in [-0.15, -0.1) is 11.3 Å². The van der Waals surface area contributed by atoms with Crippen LogP contribution < -0.4 is 9.62 Å². The molecule has 1 aliphatic heterocycles. The molecule has 7 nitrogen and oxygen atoms in total. The first-order valence-corrected chi connectivity index (χ1v) is 11.1. The van der Waals surface area contributed by atoms with Crippen molar-refractivity contribution in [1.29, 1.82) is 0 Å². The molecule has 1 N–H and O–H groups in total. The Morgan fingerprint density at radius 3 is 2.63 bits per heavy atom. The van der Waals surface area contributed by atoms with Crippen LogP contribution in [0.4, 0.5) is 5.69 Å². The first-order valence-electron chi connectivity index (χ1n) is 8.09. The molecule has 0 radical (unpaired) electrons. The molecule has 4 heterocycles. The number of nitrogens with zero attached hydrogens (tertiary/aromatic N) is 3. The molecule has 0 saturated carbocycles. The van der Waals surface area contributed by atoms with Crippen LogP contribution in [0, 0.1) is 0 Å². The highest BCUT2D eigenvalue weighted by Crippen LogP contribution is 2.34. The van der Waals surface area contributed by atoms with E-state index in [1.165, 1.54) is 16.8 Å². The lowest BCUT2D eigenvalue weighted by molar-refractivity contribution is 0.0983. The van der Waals surface area contributed by atoms with E-state index in [0.29, 0.717) is 5.52 Å². The number of thiophene rings is 1. The molecule has 1 saturated heterocycles. The van der Waals surface area contributed by atoms with E-state index in [2.05, 4.69) is 10.00 Å². The minimum absolute atomic E-state index is 0.00326. The molecule has 1 aliphatic rings. The molecule has 0 unspecified atom stereocenters. The van der Waals surface area contributed by atoms with Crippen molar-refractivity contribution < 1.29 is 13.2 Å². The monoisotopic (exact) mass is 444 g/mol. The Labute approximate surface area is 169 Å². The number of carbonyl (C=O) groups excluding carboxylic acids is 1. The number of hydrogen-bond donors (Lipinski definition) is 1. The minimum Gasteiger partial charge on any atom is -0.371 e. The third kappa shape index (κ3) is 3.52. The maximum atomic E-state index is 12.6. The lowest BCUT2D eigenvalue weighted by Crippen LogP contribution is -2.30. The number of halogens is 2. The summed E-state index contributed by atoms with van der Waals surface area (Å²) < 4.78 is 28.8. The van der Waals surface area contributed by atoms with E-state index >= 15 is 0 Å². The molecular formula is C16H14Cl2N4O3S2. The number of carbonyl (C=O) groups is 1. The van der Waals surface area contributed by atoms with Crippen molar-refractivity contribution in [3.05, 3.63) is 44.8 Å². The van der Waals surface area contributed by atoms with Gasteiger partial charge in [0.25, 0.3) is 15.9 Å². The average molecular weight is 445 g/mol. The third-order valence-corrected chi connectivity index (χ3v) is 7.45. The Balaban J connectivity index is 1.66. The van der Waals surface area contributed by atoms with Crippen LogP contribution in [0.1, 0.15) is 23.2 Å². The number of fused-ring (bicyclic) bond motifs is 1. The van der Waals surface area contributed by atoms with Crippen LogP contribution in [0.25, 0.3) is 5.52 Å². The molecule has 4 rings (SSSR count). The number of pyridine rings is 1. The fraction of sp³-hybridized carbons (Fsp3) is 0.250. The summed E-state index contributed by atoms with van der Waals surface area (Å²) in [7, 11) is -4.14. The van der Waals surface area contributed by atoms with E-state index in [0.717, 1.165) is 43.0 Å². The van der Waals surface area contributed by atoms with E-state index in [9.17, 15) is 13.2 Å². The summed E-state index contributed by atoms with van der Waals surface area (Å²) in [6.07, 6.45) is 5.35. The molecule has 3 aromatic rings. The fourth-order valence-electron chi connectivity index (χ4n) is 3.06. The molecule has 1 fully saturated rings. The van der Waals surface area contributed by atoms with Crippen molar-refractivity contribution in [2.24, 2.45) is 0 Å². The van der Waals surface area contributed by atoms with Gasteiger partial charge in [-0.1, -0.05) is 23.2 Å². The van der Waals surface area contributed by atoms with Gasteiger partial charge in [0.2, 0.25) is 0 Å². The van der Waals surface area contributed by atoms with Crippen molar-refractivity contribution in [3.63, 3.8) is 0 Å². The summed E-state index contributed by atoms with van der Waals surface area (Å²) in [5.74, 6) is -0.776. The molecule has 0 spiro atoms. The predicted octanol–water partition coefficient (Wildman–Crippen LogP) is 3.42. The number of rotatable bonds is 4. The van der Waals surface area contributed by atoms with E-state index in [1.807, 2.05) is 16.9 Å². The predicted molar refractivity (Wildman–Crippen MR) is 106 cm³/mol. The summed E-state index contributed by atoms with van der Waals surface area (Å²) in [6.45, 7) is 1.91. The Hall–Kier alpha value is -1.81. The SMILES string of the molecule is O=C(NS(=O)(=O)c1cc(Cl)sc1Cl)c1cnn2ccc(N3CCCC3)cc12. The van der Waals surface area contributed by atoms with Crippen LogP contribution in [0.5, 0.6) is 0 Å². The molecule has 0 bridgehead atoms. The highest BCUT2D eigenvalue weighted by atomic mass is 35.5. The molecule has 142 valence electrons. The van der Waals surface area contributed by atoms with Gasteiger partial charge in [-0.05, 0) is 31.0 Å². The highest BCUT2D eigenvalue weighted by Gasteiger charge is 2.25. The molecule has 0 atom stereocenters. The summed E-state index contributed by atoms with van der Waals surface area (Å²) in [5, 5.41) is 4.13. The van der Waals surface area contributed by atoms with E-state index in [4.69, 9.17) is 23.2 Å². The number of anilines is 1. The van der Waals surface area contributed by atoms with E-state index in [1.54, 1.807) is 6.20 Å². The fourth-order valence-corrected chi connectivity index (χ4v) is 6.17. The van der Waals surface area contributed by atoms with Crippen molar-refractivity contribution >= 4 is 61.7 Å². The zero-order valence-electron chi connectivity index (χ0n) is 13.9. The van der Waals surface area contributed by atoms with Crippen LogP contribution in [-0.2, 0) is 10.0 Å². The first-order chi connectivity index (χ1) is 12.8. The first kappa shape index (κ1) is 18.5. The van der Waals surface area contributed by atoms with Gasteiger partial charge in [0.15, 0.2) is 0 Å². The van der Waals surface area contributed by atoms with Gasteiger partial charge in [-0.25, -0.2) is 17.7 Å². The van der Waals surface area contributed by atoms with Crippen molar-refractivity contribution in [2.45, 2.75) is 17.7 Å². The Kier molecular flexibility index (Phi) is 4.79. The largest absolute Gasteiger partial charge is 0.371 e. The molecule has 0 aliphatic carbocycles. The van der Waals surface area contributed by atoms with E-state index in [-0.39, 0.29) is 19.1 Å². The number of aromatic nitrogens is 2. The molecule has 11 heteroatoms. The zero-order chi connectivity index (χ0) is 19.2. The zero-order valence-corrected chi connectivity index (χ0v) is 17.0. The Morgan fingerprint density at radius 1 is 1.22 bits per heavy atom. The van der Waals surface area contributed by atoms with Gasteiger partial charge < -0.3 is 4.90 Å². The number of sulfonamides is 1. The molecule has 27 heavy (non-hydrogen) atoms. The van der Waals surface area contributed by atoms with Crippen molar-refractivity contribution in [1.82, 2.24) is 14.3 Å². The van der Waals surface area contributed by atoms with Crippen LogP contribution in [0.15, 0.2) is 35.5 Å². The molecule has 3 aromatic heterocycles. The summed E-state index contributed by atoms with van der Waals surface area (Å²) in [6, 6.07) is 4.98. The van der Waals surface area contributed by atoms with Crippen molar-refractivity contribution in [3.8, 4) is 0 Å². The van der Waals surface area contributed by atoms with Gasteiger partial charge in [-0.3, -0.25) is 4.79 Å². The second-order valence-corrected chi connectivity index (χ2v) is 10.0. The molecule has 0 aromatic carbocycles. The normalized spacial score (nSPS) is 14.8. The highest BCUT2D eigenvalue weighted by molar-refractivity contribution is 7.90. The molecular weight excluding hydrogens is 431 g/mol. The van der Waals surface area contributed by atoms with Gasteiger partial charge in [0.1, 0.15) is 9.23 Å². The maximum absolute atomic E-state index is 12.6. The van der Waals surface area contributed by atoms with Crippen LogP contribution in [-0.4, -0.2) is 37.0 Å². The number of amides is 1. The van der Waals surface area contributed by atoms with E-state index < -0.39 is 15.9 Å². The third-order valence-electron chi connectivity index (χ3n) is 4.36. The smallest absolute Gasteiger partial charge is 0.268 e. The van der Waals surface area contributed by atoms with Crippen molar-refractivity contribution in [2.75, 3.05) is 18.0 Å². The second kappa shape index (κ2) is 6.97. The Bertz CT molecular complexity index is 1130. The van der Waals surface area contributed by atoms with Gasteiger partial charge in [-0.2, -0.15) is 5.10 Å². The standard InChI is InChI=1S/C16H14Cl2N4O3S2/c17-14-8-13(15(18)26-14)27(24,25)20-16(23)11-9-19-22-6-3-10(7-12(11)22)21-4-1-2-5-21/h3,6-9H,1-2,4-5H2,(H,20,23). The number of nitrogens with one attached hydrogen (secondary N) is 1. The van der Waals surface area contributed by atoms with Gasteiger partial charge in [0.05, 0.1) is 21.6 Å². The van der Waals surface area contributed by atoms with Gasteiger partial charge in [0, 0.05) is 25.0 Å². The molecule has 1 amide bonds. The lowest BCUT2D eigenvalue weighted by Gasteiger charge is -2.17. The lowest BCUT2D eigenvalue weighted by atomic mass is 10.2. The van der Waals surface area contributed by atoms with Crippen LogP contribution in [0.3, 0.4) is 0 Å². The minimum atomic E-state index is -4.14. The van der Waals surface area contributed by atoms with Crippen LogP contribution >= 0.6 is 34.5 Å². The Morgan fingerprint density at radius 2 is 1.96 bits per heavy atom. The maximum Gasteiger partial charge on any atom is 0.268 e. The average Bonchev–Trinajstić information content (AvgIpc) is 3.33. The summed E-state index contributed by atoms with van der Waals surface area (Å²) in [4.78, 5) is 14.6.